The summed E-state index contributed by atoms with van der Waals surface area (Å²) in [6.07, 6.45) is 0. The number of aromatic nitrogens is 1. The van der Waals surface area contributed by atoms with Gasteiger partial charge in [0.1, 0.15) is 5.82 Å². The van der Waals surface area contributed by atoms with E-state index in [2.05, 4.69) is 22.6 Å². The number of halogens is 3. The molecule has 1 aromatic heterocycles. The standard InChI is InChI=1S/C14H8ClFINO2/c15-9-2-1-8(11(16)5-9)7-18-12-6-10(17)3-4-13(12)20-14(18)19/h1-6H,7H2. The third kappa shape index (κ3) is 2.47. The van der Waals surface area contributed by atoms with Crippen molar-refractivity contribution in [2.75, 3.05) is 0 Å². The molecule has 0 aliphatic rings. The largest absolute Gasteiger partial charge is 0.420 e. The molecule has 2 aromatic carbocycles. The van der Waals surface area contributed by atoms with E-state index in [0.29, 0.717) is 21.7 Å². The first-order chi connectivity index (χ1) is 9.54. The normalized spacial score (nSPS) is 11.2. The van der Waals surface area contributed by atoms with Gasteiger partial charge in [-0.15, -0.1) is 0 Å². The molecule has 3 nitrogen and oxygen atoms in total. The number of hydrogen-bond donors (Lipinski definition) is 0. The van der Waals surface area contributed by atoms with Crippen LogP contribution in [0, 0.1) is 9.39 Å². The molecule has 0 aliphatic heterocycles. The van der Waals surface area contributed by atoms with Gasteiger partial charge in [-0.1, -0.05) is 17.7 Å². The van der Waals surface area contributed by atoms with Crippen LogP contribution in [0.5, 0.6) is 0 Å². The fourth-order valence-corrected chi connectivity index (χ4v) is 2.64. The Bertz CT molecular complexity index is 856. The van der Waals surface area contributed by atoms with Crippen molar-refractivity contribution in [2.45, 2.75) is 6.54 Å². The lowest BCUT2D eigenvalue weighted by Gasteiger charge is -2.05. The van der Waals surface area contributed by atoms with Gasteiger partial charge in [-0.05, 0) is 52.9 Å². The zero-order valence-electron chi connectivity index (χ0n) is 10.1. The molecule has 6 heteroatoms. The van der Waals surface area contributed by atoms with Gasteiger partial charge >= 0.3 is 5.76 Å². The summed E-state index contributed by atoms with van der Waals surface area (Å²) in [5.41, 5.74) is 1.53. The zero-order chi connectivity index (χ0) is 14.3. The SMILES string of the molecule is O=c1oc2ccc(I)cc2n1Cc1ccc(Cl)cc1F. The maximum Gasteiger partial charge on any atom is 0.420 e. The molecule has 20 heavy (non-hydrogen) atoms. The maximum absolute atomic E-state index is 13.8. The quantitative estimate of drug-likeness (QED) is 0.606. The molecule has 0 amide bonds. The first-order valence-electron chi connectivity index (χ1n) is 5.77. The highest BCUT2D eigenvalue weighted by molar-refractivity contribution is 14.1. The minimum atomic E-state index is -0.503. The average molecular weight is 404 g/mol. The van der Waals surface area contributed by atoms with E-state index in [1.54, 1.807) is 18.2 Å². The monoisotopic (exact) mass is 403 g/mol. The van der Waals surface area contributed by atoms with E-state index < -0.39 is 11.6 Å². The molecule has 0 fully saturated rings. The van der Waals surface area contributed by atoms with Crippen molar-refractivity contribution in [1.29, 1.82) is 0 Å². The minimum Gasteiger partial charge on any atom is -0.408 e. The average Bonchev–Trinajstić information content (AvgIpc) is 2.69. The molecule has 0 atom stereocenters. The van der Waals surface area contributed by atoms with Crippen LogP contribution in [0.1, 0.15) is 5.56 Å². The van der Waals surface area contributed by atoms with E-state index in [1.165, 1.54) is 10.6 Å². The summed E-state index contributed by atoms with van der Waals surface area (Å²) in [5.74, 6) is -0.944. The molecule has 0 N–H and O–H groups in total. The molecule has 0 bridgehead atoms. The Morgan fingerprint density at radius 2 is 2.05 bits per heavy atom. The molecule has 0 aliphatic carbocycles. The predicted octanol–water partition coefficient (Wildman–Crippen LogP) is 4.04. The summed E-state index contributed by atoms with van der Waals surface area (Å²) in [7, 11) is 0. The topological polar surface area (TPSA) is 35.1 Å². The van der Waals surface area contributed by atoms with Crippen LogP contribution in [-0.4, -0.2) is 4.57 Å². The Morgan fingerprint density at radius 3 is 2.80 bits per heavy atom. The second-order valence-electron chi connectivity index (χ2n) is 4.30. The van der Waals surface area contributed by atoms with Crippen molar-refractivity contribution in [3.8, 4) is 0 Å². The Balaban J connectivity index is 2.12. The van der Waals surface area contributed by atoms with Gasteiger partial charge in [-0.3, -0.25) is 4.57 Å². The van der Waals surface area contributed by atoms with Crippen molar-refractivity contribution in [3.05, 3.63) is 66.9 Å². The lowest BCUT2D eigenvalue weighted by Crippen LogP contribution is -2.15. The molecule has 0 saturated carbocycles. The summed E-state index contributed by atoms with van der Waals surface area (Å²) in [6.45, 7) is 0.106. The highest BCUT2D eigenvalue weighted by Crippen LogP contribution is 2.20. The van der Waals surface area contributed by atoms with Crippen LogP contribution < -0.4 is 5.76 Å². The van der Waals surface area contributed by atoms with Crippen molar-refractivity contribution >= 4 is 45.3 Å². The van der Waals surface area contributed by atoms with Gasteiger partial charge in [0.15, 0.2) is 5.58 Å². The lowest BCUT2D eigenvalue weighted by atomic mass is 10.2. The smallest absolute Gasteiger partial charge is 0.408 e. The molecule has 0 spiro atoms. The van der Waals surface area contributed by atoms with Crippen LogP contribution in [0.25, 0.3) is 11.1 Å². The van der Waals surface area contributed by atoms with Gasteiger partial charge in [0.2, 0.25) is 0 Å². The van der Waals surface area contributed by atoms with Crippen molar-refractivity contribution in [3.63, 3.8) is 0 Å². The fraction of sp³-hybridized carbons (Fsp3) is 0.0714. The molecule has 0 unspecified atom stereocenters. The summed E-state index contributed by atoms with van der Waals surface area (Å²) in [4.78, 5) is 11.9. The van der Waals surface area contributed by atoms with Crippen molar-refractivity contribution in [2.24, 2.45) is 0 Å². The summed E-state index contributed by atoms with van der Waals surface area (Å²) < 4.78 is 21.3. The molecule has 1 heterocycles. The third-order valence-corrected chi connectivity index (χ3v) is 3.88. The Hall–Kier alpha value is -1.34. The van der Waals surface area contributed by atoms with Crippen LogP contribution in [0.15, 0.2) is 45.6 Å². The fourth-order valence-electron chi connectivity index (χ4n) is 2.01. The van der Waals surface area contributed by atoms with E-state index in [-0.39, 0.29) is 6.54 Å². The molecule has 3 aromatic rings. The van der Waals surface area contributed by atoms with Crippen molar-refractivity contribution < 1.29 is 8.81 Å². The Labute approximate surface area is 132 Å². The predicted molar refractivity (Wildman–Crippen MR) is 83.7 cm³/mol. The van der Waals surface area contributed by atoms with E-state index in [9.17, 15) is 9.18 Å². The third-order valence-electron chi connectivity index (χ3n) is 2.97. The minimum absolute atomic E-state index is 0.106. The highest BCUT2D eigenvalue weighted by Gasteiger charge is 2.12. The van der Waals surface area contributed by atoms with Crippen LogP contribution in [-0.2, 0) is 6.54 Å². The number of rotatable bonds is 2. The number of benzene rings is 2. The van der Waals surface area contributed by atoms with Gasteiger partial charge in [-0.25, -0.2) is 9.18 Å². The van der Waals surface area contributed by atoms with Crippen LogP contribution in [0.4, 0.5) is 4.39 Å². The van der Waals surface area contributed by atoms with Gasteiger partial charge in [-0.2, -0.15) is 0 Å². The second-order valence-corrected chi connectivity index (χ2v) is 5.98. The Kier molecular flexibility index (Phi) is 3.55. The van der Waals surface area contributed by atoms with Crippen molar-refractivity contribution in [1.82, 2.24) is 4.57 Å². The number of fused-ring (bicyclic) bond motifs is 1. The van der Waals surface area contributed by atoms with Gasteiger partial charge in [0.05, 0.1) is 12.1 Å². The number of oxazole rings is 1. The number of nitrogens with zero attached hydrogens (tertiary/aromatic N) is 1. The van der Waals surface area contributed by atoms with E-state index in [0.717, 1.165) is 3.57 Å². The molecule has 3 rings (SSSR count). The van der Waals surface area contributed by atoms with Gasteiger partial charge in [0, 0.05) is 14.2 Å². The van der Waals surface area contributed by atoms with E-state index in [1.807, 2.05) is 12.1 Å². The van der Waals surface area contributed by atoms with Crippen LogP contribution in [0.2, 0.25) is 5.02 Å². The second kappa shape index (κ2) is 5.21. The van der Waals surface area contributed by atoms with Crippen LogP contribution in [0.3, 0.4) is 0 Å². The highest BCUT2D eigenvalue weighted by atomic mass is 127. The Morgan fingerprint density at radius 1 is 1.25 bits per heavy atom. The first kappa shape index (κ1) is 13.6. The van der Waals surface area contributed by atoms with E-state index >= 15 is 0 Å². The van der Waals surface area contributed by atoms with Crippen LogP contribution >= 0.6 is 34.2 Å². The summed E-state index contributed by atoms with van der Waals surface area (Å²) in [5, 5.41) is 0.324. The first-order valence-corrected chi connectivity index (χ1v) is 7.23. The zero-order valence-corrected chi connectivity index (χ0v) is 13.0. The van der Waals surface area contributed by atoms with Gasteiger partial charge < -0.3 is 4.42 Å². The molecule has 0 saturated heterocycles. The maximum atomic E-state index is 13.8. The molecule has 102 valence electrons. The number of hydrogen-bond acceptors (Lipinski definition) is 2. The molecular weight excluding hydrogens is 396 g/mol. The molecular formula is C14H8ClFINO2. The summed E-state index contributed by atoms with van der Waals surface area (Å²) in [6, 6.07) is 9.79. The lowest BCUT2D eigenvalue weighted by molar-refractivity contribution is 0.512. The van der Waals surface area contributed by atoms with Gasteiger partial charge in [0.25, 0.3) is 0 Å². The van der Waals surface area contributed by atoms with E-state index in [4.69, 9.17) is 16.0 Å². The summed E-state index contributed by atoms with van der Waals surface area (Å²) >= 11 is 7.87. The molecule has 0 radical (unpaired) electrons.